The molecule has 1 aliphatic heterocycles. The second-order valence-corrected chi connectivity index (χ2v) is 6.41. The van der Waals surface area contributed by atoms with Gasteiger partial charge in [0.2, 0.25) is 0 Å². The highest BCUT2D eigenvalue weighted by Gasteiger charge is 2.40. The summed E-state index contributed by atoms with van der Waals surface area (Å²) in [6.07, 6.45) is 2.43. The first-order valence-electron chi connectivity index (χ1n) is 8.28. The molecule has 7 heteroatoms. The summed E-state index contributed by atoms with van der Waals surface area (Å²) >= 11 is 0. The fraction of sp³-hybridized carbons (Fsp3) is 0.471. The lowest BCUT2D eigenvalue weighted by Crippen LogP contribution is -2.48. The normalized spacial score (nSPS) is 26.2. The monoisotopic (exact) mass is 327 g/mol. The molecule has 2 fully saturated rings. The molecule has 0 spiro atoms. The number of urea groups is 1. The zero-order valence-corrected chi connectivity index (χ0v) is 13.6. The fourth-order valence-electron chi connectivity index (χ4n) is 3.25. The maximum absolute atomic E-state index is 12.5. The number of hydrogen-bond acceptors (Lipinski definition) is 4. The van der Waals surface area contributed by atoms with Crippen LogP contribution in [-0.4, -0.2) is 51.4 Å². The number of amides is 2. The van der Waals surface area contributed by atoms with Gasteiger partial charge in [0.05, 0.1) is 13.2 Å². The number of ether oxygens (including phenoxy) is 1. The minimum Gasteiger partial charge on any atom is -0.366 e. The molecule has 7 nitrogen and oxygen atoms in total. The number of nitrogens with one attached hydrogen (secondary N) is 1. The summed E-state index contributed by atoms with van der Waals surface area (Å²) in [5.74, 6) is 1.19. The third kappa shape index (κ3) is 2.99. The molecule has 0 unspecified atom stereocenters. The molecule has 3 atom stereocenters. The maximum atomic E-state index is 12.5. The molecule has 2 aromatic rings. The summed E-state index contributed by atoms with van der Waals surface area (Å²) in [5.41, 5.74) is 1.29. The average molecular weight is 327 g/mol. The Morgan fingerprint density at radius 1 is 1.33 bits per heavy atom. The van der Waals surface area contributed by atoms with Crippen molar-refractivity contribution in [1.82, 2.24) is 25.0 Å². The second-order valence-electron chi connectivity index (χ2n) is 6.41. The number of hydrogen-bond donors (Lipinski definition) is 1. The minimum absolute atomic E-state index is 0.0195. The highest BCUT2D eigenvalue weighted by molar-refractivity contribution is 5.75. The Morgan fingerprint density at radius 2 is 2.17 bits per heavy atom. The van der Waals surface area contributed by atoms with E-state index in [1.54, 1.807) is 6.33 Å². The lowest BCUT2D eigenvalue weighted by molar-refractivity contribution is -0.0215. The van der Waals surface area contributed by atoms with Crippen LogP contribution in [0.2, 0.25) is 0 Å². The molecule has 1 N–H and O–H groups in total. The summed E-state index contributed by atoms with van der Waals surface area (Å²) in [7, 11) is 1.88. The van der Waals surface area contributed by atoms with E-state index in [-0.39, 0.29) is 18.2 Å². The fourth-order valence-corrected chi connectivity index (χ4v) is 3.25. The third-order valence-electron chi connectivity index (χ3n) is 4.72. The number of aryl methyl sites for hydroxylation is 1. The van der Waals surface area contributed by atoms with Gasteiger partial charge in [0.15, 0.2) is 5.82 Å². The molecule has 1 aromatic carbocycles. The van der Waals surface area contributed by atoms with Crippen LogP contribution in [0, 0.1) is 0 Å². The molecule has 0 bridgehead atoms. The molecule has 126 valence electrons. The molecular formula is C17H21N5O2. The van der Waals surface area contributed by atoms with Gasteiger partial charge < -0.3 is 19.5 Å². The Hall–Kier alpha value is -2.41. The van der Waals surface area contributed by atoms with E-state index in [0.717, 1.165) is 12.2 Å². The van der Waals surface area contributed by atoms with Crippen molar-refractivity contribution < 1.29 is 9.53 Å². The number of benzene rings is 1. The molecule has 0 radical (unpaired) electrons. The number of nitrogens with zero attached hydrogens (tertiary/aromatic N) is 4. The van der Waals surface area contributed by atoms with Crippen LogP contribution in [0.5, 0.6) is 0 Å². The van der Waals surface area contributed by atoms with Crippen LogP contribution < -0.4 is 5.32 Å². The molecule has 1 aromatic heterocycles. The summed E-state index contributed by atoms with van der Waals surface area (Å²) in [4.78, 5) is 14.4. The van der Waals surface area contributed by atoms with Crippen molar-refractivity contribution in [3.63, 3.8) is 0 Å². The summed E-state index contributed by atoms with van der Waals surface area (Å²) in [5, 5.41) is 11.1. The first kappa shape index (κ1) is 15.1. The van der Waals surface area contributed by atoms with Crippen LogP contribution in [0.15, 0.2) is 36.7 Å². The molecular weight excluding hydrogens is 306 g/mol. The second kappa shape index (κ2) is 6.24. The third-order valence-corrected chi connectivity index (χ3v) is 4.72. The van der Waals surface area contributed by atoms with E-state index in [0.29, 0.717) is 25.6 Å². The Bertz CT molecular complexity index is 717. The Balaban J connectivity index is 1.35. The van der Waals surface area contributed by atoms with Gasteiger partial charge in [-0.1, -0.05) is 30.3 Å². The van der Waals surface area contributed by atoms with E-state index in [4.69, 9.17) is 4.74 Å². The SMILES string of the molecule is Cn1cnnc1[C@@H]1CN(C(=O)N[C@@H]2C[C@@H]2c2ccccc2)CCO1. The van der Waals surface area contributed by atoms with Gasteiger partial charge in [-0.25, -0.2) is 4.79 Å². The van der Waals surface area contributed by atoms with Crippen molar-refractivity contribution in [2.45, 2.75) is 24.5 Å². The van der Waals surface area contributed by atoms with Crippen molar-refractivity contribution in [2.24, 2.45) is 7.05 Å². The molecule has 1 saturated heterocycles. The van der Waals surface area contributed by atoms with Gasteiger partial charge in [-0.2, -0.15) is 0 Å². The van der Waals surface area contributed by atoms with Crippen molar-refractivity contribution in [3.05, 3.63) is 48.0 Å². The van der Waals surface area contributed by atoms with Crippen LogP contribution in [0.3, 0.4) is 0 Å². The first-order chi connectivity index (χ1) is 11.7. The minimum atomic E-state index is -0.221. The molecule has 4 rings (SSSR count). The van der Waals surface area contributed by atoms with Crippen molar-refractivity contribution in [3.8, 4) is 0 Å². The Kier molecular flexibility index (Phi) is 3.93. The molecule has 24 heavy (non-hydrogen) atoms. The number of carbonyl (C=O) groups is 1. The molecule has 2 amide bonds. The van der Waals surface area contributed by atoms with Crippen LogP contribution in [-0.2, 0) is 11.8 Å². The van der Waals surface area contributed by atoms with Crippen LogP contribution in [0.4, 0.5) is 4.79 Å². The molecule has 1 aliphatic carbocycles. The summed E-state index contributed by atoms with van der Waals surface area (Å²) < 4.78 is 7.58. The van der Waals surface area contributed by atoms with E-state index < -0.39 is 0 Å². The van der Waals surface area contributed by atoms with Gasteiger partial charge in [-0.3, -0.25) is 0 Å². The van der Waals surface area contributed by atoms with Gasteiger partial charge in [0, 0.05) is 25.6 Å². The molecule has 2 heterocycles. The van der Waals surface area contributed by atoms with E-state index in [1.807, 2.05) is 34.7 Å². The topological polar surface area (TPSA) is 72.3 Å². The van der Waals surface area contributed by atoms with E-state index in [9.17, 15) is 4.79 Å². The standard InChI is InChI=1S/C17H21N5O2/c1-21-11-18-20-16(21)15-10-22(7-8-24-15)17(23)19-14-9-13(14)12-5-3-2-4-6-12/h2-6,11,13-15H,7-10H2,1H3,(H,19,23)/t13-,14-,15+/m1/s1. The predicted octanol–water partition coefficient (Wildman–Crippen LogP) is 1.45. The number of rotatable bonds is 3. The largest absolute Gasteiger partial charge is 0.366 e. The van der Waals surface area contributed by atoms with Crippen molar-refractivity contribution >= 4 is 6.03 Å². The average Bonchev–Trinajstić information content (AvgIpc) is 3.25. The lowest BCUT2D eigenvalue weighted by atomic mass is 10.1. The van der Waals surface area contributed by atoms with Crippen LogP contribution >= 0.6 is 0 Å². The number of morpholine rings is 1. The Morgan fingerprint density at radius 3 is 2.92 bits per heavy atom. The number of carbonyl (C=O) groups excluding carboxylic acids is 1. The number of aromatic nitrogens is 3. The summed E-state index contributed by atoms with van der Waals surface area (Å²) in [6, 6.07) is 10.6. The van der Waals surface area contributed by atoms with Gasteiger partial charge in [-0.15, -0.1) is 10.2 Å². The lowest BCUT2D eigenvalue weighted by Gasteiger charge is -2.32. The quantitative estimate of drug-likeness (QED) is 0.926. The molecule has 2 aliphatic rings. The highest BCUT2D eigenvalue weighted by atomic mass is 16.5. The smallest absolute Gasteiger partial charge is 0.317 e. The highest BCUT2D eigenvalue weighted by Crippen LogP contribution is 2.40. The van der Waals surface area contributed by atoms with E-state index in [1.165, 1.54) is 5.56 Å². The zero-order chi connectivity index (χ0) is 16.5. The maximum Gasteiger partial charge on any atom is 0.317 e. The van der Waals surface area contributed by atoms with E-state index >= 15 is 0 Å². The molecule has 1 saturated carbocycles. The zero-order valence-electron chi connectivity index (χ0n) is 13.6. The van der Waals surface area contributed by atoms with Crippen molar-refractivity contribution in [2.75, 3.05) is 19.7 Å². The predicted molar refractivity (Wildman–Crippen MR) is 87.4 cm³/mol. The van der Waals surface area contributed by atoms with Crippen LogP contribution in [0.1, 0.15) is 29.8 Å². The van der Waals surface area contributed by atoms with E-state index in [2.05, 4.69) is 27.6 Å². The summed E-state index contributed by atoms with van der Waals surface area (Å²) in [6.45, 7) is 1.61. The Labute approximate surface area is 140 Å². The van der Waals surface area contributed by atoms with Crippen molar-refractivity contribution in [1.29, 1.82) is 0 Å². The first-order valence-corrected chi connectivity index (χ1v) is 8.28. The van der Waals surface area contributed by atoms with Crippen LogP contribution in [0.25, 0.3) is 0 Å². The van der Waals surface area contributed by atoms with Gasteiger partial charge in [0.25, 0.3) is 0 Å². The van der Waals surface area contributed by atoms with Gasteiger partial charge >= 0.3 is 6.03 Å². The van der Waals surface area contributed by atoms with Gasteiger partial charge in [0.1, 0.15) is 12.4 Å². The van der Waals surface area contributed by atoms with Gasteiger partial charge in [-0.05, 0) is 12.0 Å².